The Labute approximate surface area is 90.1 Å². The Morgan fingerprint density at radius 2 is 1.93 bits per heavy atom. The van der Waals surface area contributed by atoms with Crippen molar-refractivity contribution in [1.82, 2.24) is 5.48 Å². The minimum absolute atomic E-state index is 0.0684. The molecule has 0 radical (unpaired) electrons. The summed E-state index contributed by atoms with van der Waals surface area (Å²) in [6, 6.07) is 5.63. The average molecular weight is 207 g/mol. The van der Waals surface area contributed by atoms with Gasteiger partial charge in [0.2, 0.25) is 0 Å². The molecule has 0 atom stereocenters. The van der Waals surface area contributed by atoms with Gasteiger partial charge in [0.05, 0.1) is 0 Å². The van der Waals surface area contributed by atoms with Gasteiger partial charge in [0.1, 0.15) is 0 Å². The van der Waals surface area contributed by atoms with Crippen molar-refractivity contribution < 1.29 is 10.0 Å². The van der Waals surface area contributed by atoms with Gasteiger partial charge in [-0.25, -0.2) is 5.48 Å². The number of hydrogen-bond donors (Lipinski definition) is 2. The third-order valence-electron chi connectivity index (χ3n) is 2.44. The molecule has 82 valence electrons. The van der Waals surface area contributed by atoms with Gasteiger partial charge in [0.25, 0.3) is 5.91 Å². The van der Waals surface area contributed by atoms with Crippen LogP contribution in [0.1, 0.15) is 42.3 Å². The van der Waals surface area contributed by atoms with Crippen LogP contribution in [-0.2, 0) is 5.41 Å². The van der Waals surface area contributed by atoms with Crippen LogP contribution in [0.4, 0.5) is 0 Å². The lowest BCUT2D eigenvalue weighted by atomic mass is 9.85. The molecule has 1 aromatic rings. The fourth-order valence-corrected chi connectivity index (χ4v) is 1.45. The van der Waals surface area contributed by atoms with Crippen LogP contribution in [0.15, 0.2) is 18.2 Å². The first kappa shape index (κ1) is 11.7. The van der Waals surface area contributed by atoms with Gasteiger partial charge in [-0.3, -0.25) is 10.0 Å². The molecule has 1 aromatic carbocycles. The summed E-state index contributed by atoms with van der Waals surface area (Å²) in [5.41, 5.74) is 4.26. The number of benzene rings is 1. The van der Waals surface area contributed by atoms with Crippen LogP contribution in [0, 0.1) is 6.92 Å². The Bertz CT molecular complexity index is 378. The van der Waals surface area contributed by atoms with E-state index in [1.807, 2.05) is 19.1 Å². The summed E-state index contributed by atoms with van der Waals surface area (Å²) in [7, 11) is 0. The maximum absolute atomic E-state index is 11.2. The normalized spacial score (nSPS) is 11.3. The summed E-state index contributed by atoms with van der Waals surface area (Å²) in [6.45, 7) is 8.22. The van der Waals surface area contributed by atoms with E-state index >= 15 is 0 Å². The van der Waals surface area contributed by atoms with Gasteiger partial charge in [-0.1, -0.05) is 32.9 Å². The number of hydroxylamine groups is 1. The molecule has 0 aromatic heterocycles. The zero-order valence-electron chi connectivity index (χ0n) is 9.59. The standard InChI is InChI=1S/C12H17NO2/c1-8-7-9(12(2,3)4)5-6-10(8)11(14)13-15/h5-7,15H,1-4H3,(H,13,14). The zero-order chi connectivity index (χ0) is 11.6. The Morgan fingerprint density at radius 3 is 2.33 bits per heavy atom. The predicted molar refractivity (Wildman–Crippen MR) is 59.1 cm³/mol. The third kappa shape index (κ3) is 2.57. The van der Waals surface area contributed by atoms with Gasteiger partial charge < -0.3 is 0 Å². The van der Waals surface area contributed by atoms with E-state index in [4.69, 9.17) is 5.21 Å². The molecule has 0 aliphatic carbocycles. The summed E-state index contributed by atoms with van der Waals surface area (Å²) in [5.74, 6) is -0.465. The Balaban J connectivity index is 3.15. The molecule has 0 saturated heterocycles. The number of rotatable bonds is 1. The fraction of sp³-hybridized carbons (Fsp3) is 0.417. The molecule has 2 N–H and O–H groups in total. The SMILES string of the molecule is Cc1cc(C(C)(C)C)ccc1C(=O)NO. The van der Waals surface area contributed by atoms with E-state index in [1.165, 1.54) is 5.56 Å². The van der Waals surface area contributed by atoms with Gasteiger partial charge in [-0.2, -0.15) is 0 Å². The molecule has 15 heavy (non-hydrogen) atoms. The second-order valence-electron chi connectivity index (χ2n) is 4.72. The molecule has 1 amide bonds. The smallest absolute Gasteiger partial charge is 0.274 e. The molecule has 0 aliphatic heterocycles. The van der Waals surface area contributed by atoms with Crippen molar-refractivity contribution >= 4 is 5.91 Å². The Kier molecular flexibility index (Phi) is 3.15. The molecule has 1 rings (SSSR count). The topological polar surface area (TPSA) is 49.3 Å². The van der Waals surface area contributed by atoms with Gasteiger partial charge in [0.15, 0.2) is 0 Å². The number of aryl methyl sites for hydroxylation is 1. The average Bonchev–Trinajstić information content (AvgIpc) is 2.15. The van der Waals surface area contributed by atoms with E-state index in [2.05, 4.69) is 20.8 Å². The molecule has 3 heteroatoms. The summed E-state index contributed by atoms with van der Waals surface area (Å²) >= 11 is 0. The number of carbonyl (C=O) groups excluding carboxylic acids is 1. The summed E-state index contributed by atoms with van der Waals surface area (Å²) in [6.07, 6.45) is 0. The first-order chi connectivity index (χ1) is 6.86. The highest BCUT2D eigenvalue weighted by Crippen LogP contribution is 2.24. The predicted octanol–water partition coefficient (Wildman–Crippen LogP) is 2.41. The summed E-state index contributed by atoms with van der Waals surface area (Å²) in [4.78, 5) is 11.2. The van der Waals surface area contributed by atoms with E-state index in [9.17, 15) is 4.79 Å². The Morgan fingerprint density at radius 1 is 1.33 bits per heavy atom. The van der Waals surface area contributed by atoms with Crippen molar-refractivity contribution in [3.63, 3.8) is 0 Å². The number of amides is 1. The van der Waals surface area contributed by atoms with Crippen LogP contribution in [-0.4, -0.2) is 11.1 Å². The quantitative estimate of drug-likeness (QED) is 0.549. The largest absolute Gasteiger partial charge is 0.288 e. The highest BCUT2D eigenvalue weighted by atomic mass is 16.5. The van der Waals surface area contributed by atoms with Gasteiger partial charge in [0, 0.05) is 5.56 Å². The maximum atomic E-state index is 11.2. The summed E-state index contributed by atoms with van der Waals surface area (Å²) < 4.78 is 0. The molecule has 0 bridgehead atoms. The van der Waals surface area contributed by atoms with Crippen LogP contribution in [0.5, 0.6) is 0 Å². The Hall–Kier alpha value is -1.35. The maximum Gasteiger partial charge on any atom is 0.274 e. The summed E-state index contributed by atoms with van der Waals surface area (Å²) in [5, 5.41) is 8.54. The lowest BCUT2D eigenvalue weighted by Crippen LogP contribution is -2.20. The van der Waals surface area contributed by atoms with Crippen molar-refractivity contribution in [3.05, 3.63) is 34.9 Å². The van der Waals surface area contributed by atoms with Crippen LogP contribution in [0.2, 0.25) is 0 Å². The van der Waals surface area contributed by atoms with Crippen LogP contribution in [0.25, 0.3) is 0 Å². The molecular formula is C12H17NO2. The van der Waals surface area contributed by atoms with Crippen molar-refractivity contribution in [2.24, 2.45) is 0 Å². The van der Waals surface area contributed by atoms with Crippen LogP contribution < -0.4 is 5.48 Å². The lowest BCUT2D eigenvalue weighted by Gasteiger charge is -2.20. The molecule has 0 spiro atoms. The molecule has 0 heterocycles. The van der Waals surface area contributed by atoms with Gasteiger partial charge in [-0.15, -0.1) is 0 Å². The van der Waals surface area contributed by atoms with Crippen molar-refractivity contribution in [1.29, 1.82) is 0 Å². The minimum Gasteiger partial charge on any atom is -0.288 e. The second kappa shape index (κ2) is 4.03. The first-order valence-electron chi connectivity index (χ1n) is 4.92. The van der Waals surface area contributed by atoms with E-state index in [0.29, 0.717) is 5.56 Å². The molecular weight excluding hydrogens is 190 g/mol. The van der Waals surface area contributed by atoms with E-state index in [1.54, 1.807) is 11.5 Å². The monoisotopic (exact) mass is 207 g/mol. The third-order valence-corrected chi connectivity index (χ3v) is 2.44. The lowest BCUT2D eigenvalue weighted by molar-refractivity contribution is 0.0705. The number of hydrogen-bond acceptors (Lipinski definition) is 2. The second-order valence-corrected chi connectivity index (χ2v) is 4.72. The van der Waals surface area contributed by atoms with Crippen LogP contribution in [0.3, 0.4) is 0 Å². The molecule has 0 unspecified atom stereocenters. The molecule has 0 saturated carbocycles. The van der Waals surface area contributed by atoms with Crippen molar-refractivity contribution in [2.45, 2.75) is 33.1 Å². The zero-order valence-corrected chi connectivity index (χ0v) is 9.59. The number of carbonyl (C=O) groups is 1. The van der Waals surface area contributed by atoms with E-state index in [0.717, 1.165) is 5.56 Å². The van der Waals surface area contributed by atoms with Crippen LogP contribution >= 0.6 is 0 Å². The van der Waals surface area contributed by atoms with E-state index < -0.39 is 5.91 Å². The highest BCUT2D eigenvalue weighted by Gasteiger charge is 2.16. The van der Waals surface area contributed by atoms with Crippen molar-refractivity contribution in [3.8, 4) is 0 Å². The van der Waals surface area contributed by atoms with Crippen molar-refractivity contribution in [2.75, 3.05) is 0 Å². The fourth-order valence-electron chi connectivity index (χ4n) is 1.45. The highest BCUT2D eigenvalue weighted by molar-refractivity contribution is 5.94. The molecule has 0 aliphatic rings. The molecule has 0 fully saturated rings. The minimum atomic E-state index is -0.465. The number of nitrogens with one attached hydrogen (secondary N) is 1. The first-order valence-corrected chi connectivity index (χ1v) is 4.92. The van der Waals surface area contributed by atoms with Gasteiger partial charge in [-0.05, 0) is 29.5 Å². The van der Waals surface area contributed by atoms with Gasteiger partial charge >= 0.3 is 0 Å². The molecule has 3 nitrogen and oxygen atoms in total. The van der Waals surface area contributed by atoms with E-state index in [-0.39, 0.29) is 5.41 Å².